The number of fused-ring (bicyclic) bond motifs is 1. The van der Waals surface area contributed by atoms with Crippen molar-refractivity contribution in [3.8, 4) is 0 Å². The van der Waals surface area contributed by atoms with E-state index in [4.69, 9.17) is 4.74 Å². The summed E-state index contributed by atoms with van der Waals surface area (Å²) in [5.74, 6) is -1.89. The number of nitrogens with zero attached hydrogens (tertiary/aromatic N) is 2. The van der Waals surface area contributed by atoms with Crippen LogP contribution >= 0.6 is 11.8 Å². The van der Waals surface area contributed by atoms with Crippen LogP contribution in [0.2, 0.25) is 0 Å². The molecule has 2 bridgehead atoms. The Morgan fingerprint density at radius 2 is 1.94 bits per heavy atom. The Hall–Kier alpha value is -1.80. The first-order valence-corrected chi connectivity index (χ1v) is 13.5. The summed E-state index contributed by atoms with van der Waals surface area (Å²) in [4.78, 5) is 44.6. The molecular formula is C27H42N2O5S. The minimum absolute atomic E-state index is 0.0127. The van der Waals surface area contributed by atoms with Crippen molar-refractivity contribution in [1.29, 1.82) is 0 Å². The third-order valence-electron chi connectivity index (χ3n) is 7.48. The maximum atomic E-state index is 14.4. The van der Waals surface area contributed by atoms with Gasteiger partial charge in [-0.3, -0.25) is 14.4 Å². The number of carbonyl (C=O) groups excluding carboxylic acids is 3. The van der Waals surface area contributed by atoms with Gasteiger partial charge < -0.3 is 19.6 Å². The maximum absolute atomic E-state index is 14.4. The van der Waals surface area contributed by atoms with E-state index < -0.39 is 28.2 Å². The van der Waals surface area contributed by atoms with E-state index in [2.05, 4.69) is 47.8 Å². The summed E-state index contributed by atoms with van der Waals surface area (Å²) in [6.07, 6.45) is 6.19. The molecule has 0 radical (unpaired) electrons. The SMILES string of the molecule is C=CCCOC(=O)[C@@H]1[C@@H]2CCC3(S2)C(C(=O)N(CC=C)C(C)(C)CC(C)(C)C)N(CCO)C(=O)[C@H]13. The number of rotatable bonds is 11. The Morgan fingerprint density at radius 1 is 1.26 bits per heavy atom. The van der Waals surface area contributed by atoms with E-state index in [1.807, 2.05) is 4.90 Å². The first-order valence-electron chi connectivity index (χ1n) is 12.6. The van der Waals surface area contributed by atoms with Crippen molar-refractivity contribution in [2.24, 2.45) is 17.3 Å². The lowest BCUT2D eigenvalue weighted by Crippen LogP contribution is -2.60. The first-order chi connectivity index (χ1) is 16.3. The number of carbonyl (C=O) groups is 3. The Labute approximate surface area is 214 Å². The van der Waals surface area contributed by atoms with E-state index >= 15 is 0 Å². The highest BCUT2D eigenvalue weighted by molar-refractivity contribution is 8.02. The predicted molar refractivity (Wildman–Crippen MR) is 139 cm³/mol. The molecule has 3 fully saturated rings. The lowest BCUT2D eigenvalue weighted by Gasteiger charge is -2.46. The lowest BCUT2D eigenvalue weighted by atomic mass is 9.71. The molecular weight excluding hydrogens is 464 g/mol. The molecule has 0 saturated carbocycles. The summed E-state index contributed by atoms with van der Waals surface area (Å²) >= 11 is 1.62. The van der Waals surface area contributed by atoms with Crippen LogP contribution in [0.4, 0.5) is 0 Å². The van der Waals surface area contributed by atoms with Gasteiger partial charge in [-0.25, -0.2) is 0 Å². The molecule has 0 aromatic rings. The Kier molecular flexibility index (Phi) is 8.17. The summed E-state index contributed by atoms with van der Waals surface area (Å²) in [6.45, 7) is 18.5. The summed E-state index contributed by atoms with van der Waals surface area (Å²) in [6, 6.07) is -0.729. The van der Waals surface area contributed by atoms with Crippen LogP contribution < -0.4 is 0 Å². The molecule has 8 heteroatoms. The van der Waals surface area contributed by atoms with Crippen LogP contribution in [0, 0.1) is 17.3 Å². The normalized spacial score (nSPS) is 29.8. The minimum Gasteiger partial charge on any atom is -0.465 e. The van der Waals surface area contributed by atoms with Crippen molar-refractivity contribution in [1.82, 2.24) is 9.80 Å². The molecule has 1 N–H and O–H groups in total. The second kappa shape index (κ2) is 10.3. The fraction of sp³-hybridized carbons (Fsp3) is 0.741. The van der Waals surface area contributed by atoms with Crippen molar-refractivity contribution < 1.29 is 24.2 Å². The van der Waals surface area contributed by atoms with Crippen molar-refractivity contribution in [3.63, 3.8) is 0 Å². The molecule has 5 atom stereocenters. The average Bonchev–Trinajstić information content (AvgIpc) is 3.38. The molecule has 3 aliphatic rings. The van der Waals surface area contributed by atoms with E-state index in [-0.39, 0.29) is 48.2 Å². The Bertz CT molecular complexity index is 866. The number of hydrogen-bond acceptors (Lipinski definition) is 6. The smallest absolute Gasteiger partial charge is 0.310 e. The quantitative estimate of drug-likeness (QED) is 0.263. The standard InChI is InChI=1S/C27H42N2O5S/c1-8-10-16-34-24(33)19-18-11-12-27(35-18)20(19)22(31)28(14-15-30)21(27)23(32)29(13-9-2)26(6,7)17-25(3,4)5/h8-9,18-21,30H,1-2,10-17H2,3-7H3/t18-,19+,20-,21?,27?/m0/s1. The van der Waals surface area contributed by atoms with E-state index in [0.717, 1.165) is 12.8 Å². The van der Waals surface area contributed by atoms with Gasteiger partial charge in [0.05, 0.1) is 29.8 Å². The second-order valence-electron chi connectivity index (χ2n) is 11.8. The number of hydrogen-bond donors (Lipinski definition) is 1. The highest BCUT2D eigenvalue weighted by Gasteiger charge is 2.74. The van der Waals surface area contributed by atoms with Crippen molar-refractivity contribution in [2.75, 3.05) is 26.3 Å². The average molecular weight is 507 g/mol. The van der Waals surface area contributed by atoms with Gasteiger partial charge in [0.25, 0.3) is 0 Å². The summed E-state index contributed by atoms with van der Waals surface area (Å²) in [7, 11) is 0. The molecule has 35 heavy (non-hydrogen) atoms. The van der Waals surface area contributed by atoms with E-state index in [0.29, 0.717) is 19.4 Å². The summed E-state index contributed by atoms with van der Waals surface area (Å²) in [5, 5.41) is 9.76. The third-order valence-corrected chi connectivity index (χ3v) is 9.44. The number of esters is 1. The van der Waals surface area contributed by atoms with Crippen LogP contribution in [-0.4, -0.2) is 80.6 Å². The number of likely N-dealkylation sites (tertiary alicyclic amines) is 1. The number of β-amino-alcohol motifs (C(OH)–C–C–N with tert-alkyl or cyclic N) is 1. The van der Waals surface area contributed by atoms with Crippen LogP contribution in [0.5, 0.6) is 0 Å². The topological polar surface area (TPSA) is 87.2 Å². The number of aliphatic hydroxyl groups excluding tert-OH is 1. The third kappa shape index (κ3) is 5.06. The van der Waals surface area contributed by atoms with E-state index in [9.17, 15) is 19.5 Å². The van der Waals surface area contributed by atoms with Gasteiger partial charge in [-0.15, -0.1) is 24.9 Å². The first kappa shape index (κ1) is 27.8. The second-order valence-corrected chi connectivity index (χ2v) is 13.4. The fourth-order valence-corrected chi connectivity index (χ4v) is 8.89. The number of amides is 2. The van der Waals surface area contributed by atoms with Crippen LogP contribution in [0.25, 0.3) is 0 Å². The Balaban J connectivity index is 2.00. The lowest BCUT2D eigenvalue weighted by molar-refractivity contribution is -0.154. The minimum atomic E-state index is -0.729. The maximum Gasteiger partial charge on any atom is 0.310 e. The fourth-order valence-electron chi connectivity index (χ4n) is 6.69. The van der Waals surface area contributed by atoms with Gasteiger partial charge in [-0.05, 0) is 44.9 Å². The van der Waals surface area contributed by atoms with Gasteiger partial charge in [0, 0.05) is 23.9 Å². The molecule has 0 aliphatic carbocycles. The molecule has 196 valence electrons. The summed E-state index contributed by atoms with van der Waals surface area (Å²) in [5.41, 5.74) is -0.488. The van der Waals surface area contributed by atoms with Crippen LogP contribution in [0.3, 0.4) is 0 Å². The zero-order valence-electron chi connectivity index (χ0n) is 21.9. The zero-order chi connectivity index (χ0) is 26.2. The van der Waals surface area contributed by atoms with Gasteiger partial charge in [0.15, 0.2) is 0 Å². The zero-order valence-corrected chi connectivity index (χ0v) is 22.7. The van der Waals surface area contributed by atoms with Gasteiger partial charge >= 0.3 is 5.97 Å². The van der Waals surface area contributed by atoms with Crippen molar-refractivity contribution in [2.45, 2.75) is 81.9 Å². The van der Waals surface area contributed by atoms with E-state index in [1.165, 1.54) is 4.90 Å². The molecule has 0 aromatic carbocycles. The molecule has 3 aliphatic heterocycles. The molecule has 3 rings (SSSR count). The van der Waals surface area contributed by atoms with Crippen LogP contribution in [-0.2, 0) is 19.1 Å². The predicted octanol–water partition coefficient (Wildman–Crippen LogP) is 3.42. The monoisotopic (exact) mass is 506 g/mol. The number of ether oxygens (including phenoxy) is 1. The number of thioether (sulfide) groups is 1. The molecule has 3 saturated heterocycles. The molecule has 7 nitrogen and oxygen atoms in total. The highest BCUT2D eigenvalue weighted by atomic mass is 32.2. The van der Waals surface area contributed by atoms with Crippen LogP contribution in [0.15, 0.2) is 25.3 Å². The molecule has 2 amide bonds. The van der Waals surface area contributed by atoms with Gasteiger partial charge in [0.1, 0.15) is 6.04 Å². The molecule has 2 unspecified atom stereocenters. The molecule has 0 aromatic heterocycles. The van der Waals surface area contributed by atoms with E-state index in [1.54, 1.807) is 23.9 Å². The van der Waals surface area contributed by atoms with Crippen LogP contribution in [0.1, 0.15) is 60.3 Å². The van der Waals surface area contributed by atoms with Gasteiger partial charge in [0.2, 0.25) is 11.8 Å². The van der Waals surface area contributed by atoms with Crippen molar-refractivity contribution >= 4 is 29.5 Å². The molecule has 3 heterocycles. The van der Waals surface area contributed by atoms with Gasteiger partial charge in [-0.2, -0.15) is 0 Å². The van der Waals surface area contributed by atoms with Gasteiger partial charge in [-0.1, -0.05) is 32.9 Å². The molecule has 1 spiro atoms. The highest BCUT2D eigenvalue weighted by Crippen LogP contribution is 2.66. The number of aliphatic hydroxyl groups is 1. The Morgan fingerprint density at radius 3 is 2.51 bits per heavy atom. The summed E-state index contributed by atoms with van der Waals surface area (Å²) < 4.78 is 4.82. The largest absolute Gasteiger partial charge is 0.465 e. The van der Waals surface area contributed by atoms with Crippen molar-refractivity contribution in [3.05, 3.63) is 25.3 Å².